The molecule has 0 bridgehead atoms. The van der Waals surface area contributed by atoms with Gasteiger partial charge >= 0.3 is 0 Å². The molecule has 1 aromatic rings. The van der Waals surface area contributed by atoms with Gasteiger partial charge in [-0.05, 0) is 31.9 Å². The van der Waals surface area contributed by atoms with Crippen LogP contribution in [0.4, 0.5) is 0 Å². The van der Waals surface area contributed by atoms with E-state index in [0.717, 1.165) is 43.7 Å². The third-order valence-electron chi connectivity index (χ3n) is 5.75. The second-order valence-corrected chi connectivity index (χ2v) is 8.94. The number of primary amides is 1. The van der Waals surface area contributed by atoms with E-state index in [0.29, 0.717) is 19.6 Å². The standard InChI is InChI=1S/C20H31N3O4/c1-19(2,3)16-14(11-15(27-16)17(21)25)12-22-8-6-20(13-22)5-4-7-23(9-10-24)18(20)26/h11,24H,4-10,12-13H2,1-3H3,(H2,21,25). The maximum absolute atomic E-state index is 13.0. The quantitative estimate of drug-likeness (QED) is 0.810. The molecule has 150 valence electrons. The average Bonchev–Trinajstić information content (AvgIpc) is 3.18. The third-order valence-corrected chi connectivity index (χ3v) is 5.75. The Morgan fingerprint density at radius 3 is 2.70 bits per heavy atom. The molecule has 7 nitrogen and oxygen atoms in total. The van der Waals surface area contributed by atoms with Crippen molar-refractivity contribution >= 4 is 11.8 Å². The van der Waals surface area contributed by atoms with Crippen molar-refractivity contribution in [2.75, 3.05) is 32.8 Å². The predicted molar refractivity (Wildman–Crippen MR) is 101 cm³/mol. The minimum absolute atomic E-state index is 0.00535. The summed E-state index contributed by atoms with van der Waals surface area (Å²) in [5, 5.41) is 9.22. The first-order valence-corrected chi connectivity index (χ1v) is 9.72. The molecular formula is C20H31N3O4. The maximum Gasteiger partial charge on any atom is 0.284 e. The lowest BCUT2D eigenvalue weighted by molar-refractivity contribution is -0.146. The molecule has 3 N–H and O–H groups in total. The van der Waals surface area contributed by atoms with Gasteiger partial charge in [0.2, 0.25) is 5.91 Å². The van der Waals surface area contributed by atoms with E-state index >= 15 is 0 Å². The number of piperidine rings is 1. The van der Waals surface area contributed by atoms with Gasteiger partial charge in [0.25, 0.3) is 5.91 Å². The molecule has 2 aliphatic rings. The van der Waals surface area contributed by atoms with Crippen LogP contribution in [0.15, 0.2) is 10.5 Å². The highest BCUT2D eigenvalue weighted by Gasteiger charge is 2.48. The van der Waals surface area contributed by atoms with Gasteiger partial charge in [-0.3, -0.25) is 14.5 Å². The number of rotatable bonds is 5. The Balaban J connectivity index is 1.77. The Hall–Kier alpha value is -1.86. The average molecular weight is 377 g/mol. The van der Waals surface area contributed by atoms with E-state index in [-0.39, 0.29) is 29.1 Å². The van der Waals surface area contributed by atoms with Gasteiger partial charge in [-0.2, -0.15) is 0 Å². The van der Waals surface area contributed by atoms with Crippen LogP contribution in [0.5, 0.6) is 0 Å². The van der Waals surface area contributed by atoms with Gasteiger partial charge in [0.1, 0.15) is 5.76 Å². The van der Waals surface area contributed by atoms with E-state index in [1.165, 1.54) is 0 Å². The van der Waals surface area contributed by atoms with Crippen molar-refractivity contribution in [2.45, 2.75) is 52.0 Å². The van der Waals surface area contributed by atoms with Crippen molar-refractivity contribution in [2.24, 2.45) is 11.1 Å². The topological polar surface area (TPSA) is 100 Å². The molecule has 0 radical (unpaired) electrons. The van der Waals surface area contributed by atoms with E-state index in [1.54, 1.807) is 11.0 Å². The van der Waals surface area contributed by atoms with Crippen LogP contribution in [-0.4, -0.2) is 59.5 Å². The summed E-state index contributed by atoms with van der Waals surface area (Å²) in [6.07, 6.45) is 2.71. The number of hydrogen-bond acceptors (Lipinski definition) is 5. The summed E-state index contributed by atoms with van der Waals surface area (Å²) in [7, 11) is 0. The molecule has 1 spiro atoms. The Kier molecular flexibility index (Phi) is 5.36. The molecule has 0 aliphatic carbocycles. The Labute approximate surface area is 160 Å². The van der Waals surface area contributed by atoms with Crippen LogP contribution in [0, 0.1) is 5.41 Å². The van der Waals surface area contributed by atoms with Crippen molar-refractivity contribution in [1.29, 1.82) is 0 Å². The number of likely N-dealkylation sites (tertiary alicyclic amines) is 2. The third kappa shape index (κ3) is 3.89. The summed E-state index contributed by atoms with van der Waals surface area (Å²) in [5.74, 6) is 0.568. The first-order chi connectivity index (χ1) is 12.7. The van der Waals surface area contributed by atoms with Gasteiger partial charge in [-0.1, -0.05) is 20.8 Å². The van der Waals surface area contributed by atoms with Crippen molar-refractivity contribution < 1.29 is 19.1 Å². The molecule has 2 saturated heterocycles. The summed E-state index contributed by atoms with van der Waals surface area (Å²) >= 11 is 0. The minimum atomic E-state index is -0.563. The van der Waals surface area contributed by atoms with Gasteiger partial charge in [0.15, 0.2) is 5.76 Å². The molecule has 1 aromatic heterocycles. The first-order valence-electron chi connectivity index (χ1n) is 9.72. The number of amides is 2. The molecule has 7 heteroatoms. The lowest BCUT2D eigenvalue weighted by Gasteiger charge is -2.39. The fraction of sp³-hybridized carbons (Fsp3) is 0.700. The molecule has 0 saturated carbocycles. The highest BCUT2D eigenvalue weighted by atomic mass is 16.4. The maximum atomic E-state index is 13.0. The lowest BCUT2D eigenvalue weighted by Crippen LogP contribution is -2.50. The van der Waals surface area contributed by atoms with Gasteiger partial charge in [-0.15, -0.1) is 0 Å². The van der Waals surface area contributed by atoms with Crippen LogP contribution in [0.25, 0.3) is 0 Å². The molecule has 2 fully saturated rings. The van der Waals surface area contributed by atoms with E-state index in [1.807, 2.05) is 20.8 Å². The number of aliphatic hydroxyl groups excluding tert-OH is 1. The second-order valence-electron chi connectivity index (χ2n) is 8.94. The Bertz CT molecular complexity index is 719. The molecule has 0 aromatic carbocycles. The van der Waals surface area contributed by atoms with Crippen molar-refractivity contribution in [3.8, 4) is 0 Å². The highest BCUT2D eigenvalue weighted by molar-refractivity contribution is 5.90. The summed E-state index contributed by atoms with van der Waals surface area (Å²) in [6.45, 7) is 9.46. The van der Waals surface area contributed by atoms with Crippen LogP contribution in [-0.2, 0) is 16.8 Å². The van der Waals surface area contributed by atoms with Crippen molar-refractivity contribution in [1.82, 2.24) is 9.80 Å². The van der Waals surface area contributed by atoms with E-state index in [2.05, 4.69) is 4.90 Å². The number of β-amino-alcohol motifs (C(OH)–C–C–N with tert-alkyl or cyclic N) is 1. The normalized spacial score (nSPS) is 24.1. The number of furan rings is 1. The van der Waals surface area contributed by atoms with Crippen LogP contribution in [0.3, 0.4) is 0 Å². The SMILES string of the molecule is CC(C)(C)c1oc(C(N)=O)cc1CN1CCC2(CCCN(CCO)C2=O)C1. The Morgan fingerprint density at radius 2 is 2.07 bits per heavy atom. The molecule has 1 unspecified atom stereocenters. The number of carbonyl (C=O) groups excluding carboxylic acids is 2. The molecule has 2 amide bonds. The van der Waals surface area contributed by atoms with Crippen molar-refractivity contribution in [3.05, 3.63) is 23.2 Å². The van der Waals surface area contributed by atoms with E-state index < -0.39 is 5.91 Å². The van der Waals surface area contributed by atoms with Gasteiger partial charge in [0.05, 0.1) is 12.0 Å². The molecule has 2 aliphatic heterocycles. The van der Waals surface area contributed by atoms with Crippen molar-refractivity contribution in [3.63, 3.8) is 0 Å². The number of nitrogens with two attached hydrogens (primary N) is 1. The molecule has 3 heterocycles. The van der Waals surface area contributed by atoms with Gasteiger partial charge in [0, 0.05) is 37.2 Å². The smallest absolute Gasteiger partial charge is 0.284 e. The van der Waals surface area contributed by atoms with Gasteiger partial charge in [-0.25, -0.2) is 0 Å². The zero-order valence-electron chi connectivity index (χ0n) is 16.6. The predicted octanol–water partition coefficient (Wildman–Crippen LogP) is 1.48. The Morgan fingerprint density at radius 1 is 1.33 bits per heavy atom. The number of aliphatic hydroxyl groups is 1. The number of carbonyl (C=O) groups is 2. The monoisotopic (exact) mass is 377 g/mol. The molecule has 1 atom stereocenters. The number of hydrogen-bond donors (Lipinski definition) is 2. The van der Waals surface area contributed by atoms with Crippen LogP contribution >= 0.6 is 0 Å². The number of nitrogens with zero attached hydrogens (tertiary/aromatic N) is 2. The molecule has 3 rings (SSSR count). The summed E-state index contributed by atoms with van der Waals surface area (Å²) in [4.78, 5) is 28.6. The summed E-state index contributed by atoms with van der Waals surface area (Å²) < 4.78 is 5.75. The lowest BCUT2D eigenvalue weighted by atomic mass is 9.78. The molecule has 27 heavy (non-hydrogen) atoms. The minimum Gasteiger partial charge on any atom is -0.455 e. The largest absolute Gasteiger partial charge is 0.455 e. The van der Waals surface area contributed by atoms with Crippen LogP contribution < -0.4 is 5.73 Å². The molecular weight excluding hydrogens is 346 g/mol. The summed E-state index contributed by atoms with van der Waals surface area (Å²) in [6, 6.07) is 1.74. The fourth-order valence-corrected chi connectivity index (χ4v) is 4.50. The second kappa shape index (κ2) is 7.28. The van der Waals surface area contributed by atoms with E-state index in [9.17, 15) is 14.7 Å². The highest BCUT2D eigenvalue weighted by Crippen LogP contribution is 2.41. The summed E-state index contributed by atoms with van der Waals surface area (Å²) in [5.41, 5.74) is 5.79. The van der Waals surface area contributed by atoms with Gasteiger partial charge < -0.3 is 20.2 Å². The van der Waals surface area contributed by atoms with Crippen LogP contribution in [0.1, 0.15) is 61.9 Å². The fourth-order valence-electron chi connectivity index (χ4n) is 4.50. The zero-order chi connectivity index (χ0) is 19.8. The van der Waals surface area contributed by atoms with Crippen LogP contribution in [0.2, 0.25) is 0 Å². The van der Waals surface area contributed by atoms with E-state index in [4.69, 9.17) is 10.2 Å². The first kappa shape index (κ1) is 19.9. The zero-order valence-corrected chi connectivity index (χ0v) is 16.6.